The second-order valence-electron chi connectivity index (χ2n) is 6.32. The zero-order valence-electron chi connectivity index (χ0n) is 15.7. The summed E-state index contributed by atoms with van der Waals surface area (Å²) in [5.41, 5.74) is 1.14. The second kappa shape index (κ2) is 8.09. The number of hydrogen-bond acceptors (Lipinski definition) is 6. The van der Waals surface area contributed by atoms with E-state index in [0.29, 0.717) is 20.6 Å². The van der Waals surface area contributed by atoms with Crippen LogP contribution >= 0.6 is 22.9 Å². The van der Waals surface area contributed by atoms with E-state index in [-0.39, 0.29) is 18.0 Å². The number of rotatable bonds is 5. The van der Waals surface area contributed by atoms with Crippen molar-refractivity contribution in [1.82, 2.24) is 29.4 Å². The molecule has 4 aromatic rings. The lowest BCUT2D eigenvalue weighted by Crippen LogP contribution is -2.36. The summed E-state index contributed by atoms with van der Waals surface area (Å²) in [4.78, 5) is 36.4. The molecular formula is C19H15ClN6O3S. The molecule has 3 aromatic heterocycles. The van der Waals surface area contributed by atoms with E-state index in [1.165, 1.54) is 35.2 Å². The first-order valence-corrected chi connectivity index (χ1v) is 9.96. The van der Waals surface area contributed by atoms with Crippen molar-refractivity contribution in [1.29, 1.82) is 0 Å². The molecule has 0 fully saturated rings. The number of nitrogens with one attached hydrogen (secondary N) is 1. The Balaban J connectivity index is 1.47. The monoisotopic (exact) mass is 442 g/mol. The standard InChI is InChI=1S/C19H15ClN6O3S/c1-24-17(27)8-9-25(19(24)29)13-2-4-14(5-3-13)26-11-12(22-23-26)10-21-18(28)15-6-7-16(20)30-15/h2-9,11H,10H2,1H3,(H,21,28). The SMILES string of the molecule is Cn1c(=O)ccn(-c2ccc(-n3cc(CNC(=O)c4ccc(Cl)s4)nn3)cc2)c1=O. The summed E-state index contributed by atoms with van der Waals surface area (Å²) in [6, 6.07) is 11.7. The molecule has 0 aliphatic rings. The van der Waals surface area contributed by atoms with E-state index in [9.17, 15) is 14.4 Å². The molecule has 152 valence electrons. The first kappa shape index (κ1) is 19.8. The number of nitrogens with zero attached hydrogens (tertiary/aromatic N) is 5. The molecule has 11 heteroatoms. The zero-order chi connectivity index (χ0) is 21.3. The first-order valence-electron chi connectivity index (χ1n) is 8.76. The molecule has 9 nitrogen and oxygen atoms in total. The molecule has 0 radical (unpaired) electrons. The summed E-state index contributed by atoms with van der Waals surface area (Å²) in [5.74, 6) is -0.228. The largest absolute Gasteiger partial charge is 0.346 e. The lowest BCUT2D eigenvalue weighted by atomic mass is 10.2. The van der Waals surface area contributed by atoms with Crippen LogP contribution in [0.2, 0.25) is 4.34 Å². The second-order valence-corrected chi connectivity index (χ2v) is 8.04. The fourth-order valence-electron chi connectivity index (χ4n) is 2.73. The van der Waals surface area contributed by atoms with E-state index in [1.807, 2.05) is 0 Å². The molecule has 0 saturated heterocycles. The maximum Gasteiger partial charge on any atom is 0.335 e. The van der Waals surface area contributed by atoms with Crippen molar-refractivity contribution >= 4 is 28.8 Å². The highest BCUT2D eigenvalue weighted by molar-refractivity contribution is 7.17. The highest BCUT2D eigenvalue weighted by Crippen LogP contribution is 2.21. The van der Waals surface area contributed by atoms with E-state index in [2.05, 4.69) is 15.6 Å². The highest BCUT2D eigenvalue weighted by Gasteiger charge is 2.10. The molecule has 0 aliphatic heterocycles. The van der Waals surface area contributed by atoms with Gasteiger partial charge in [0.25, 0.3) is 11.5 Å². The van der Waals surface area contributed by atoms with Crippen molar-refractivity contribution in [2.75, 3.05) is 0 Å². The Morgan fingerprint density at radius 2 is 1.83 bits per heavy atom. The summed E-state index contributed by atoms with van der Waals surface area (Å²) < 4.78 is 4.53. The molecule has 4 rings (SSSR count). The van der Waals surface area contributed by atoms with Crippen LogP contribution in [0.25, 0.3) is 11.4 Å². The summed E-state index contributed by atoms with van der Waals surface area (Å²) in [5, 5.41) is 10.9. The molecule has 1 aromatic carbocycles. The molecular weight excluding hydrogens is 428 g/mol. The van der Waals surface area contributed by atoms with Crippen LogP contribution in [0.4, 0.5) is 0 Å². The van der Waals surface area contributed by atoms with Gasteiger partial charge in [0.1, 0.15) is 5.69 Å². The molecule has 0 atom stereocenters. The van der Waals surface area contributed by atoms with Gasteiger partial charge in [-0.2, -0.15) is 0 Å². The van der Waals surface area contributed by atoms with Gasteiger partial charge in [0.05, 0.1) is 33.3 Å². The van der Waals surface area contributed by atoms with E-state index in [1.54, 1.807) is 47.3 Å². The maximum atomic E-state index is 12.2. The minimum absolute atomic E-state index is 0.222. The average Bonchev–Trinajstić information content (AvgIpc) is 3.40. The van der Waals surface area contributed by atoms with Gasteiger partial charge in [0, 0.05) is 19.3 Å². The average molecular weight is 443 g/mol. The molecule has 0 aliphatic carbocycles. The fraction of sp³-hybridized carbons (Fsp3) is 0.105. The van der Waals surface area contributed by atoms with Gasteiger partial charge in [-0.3, -0.25) is 18.7 Å². The van der Waals surface area contributed by atoms with E-state index < -0.39 is 5.69 Å². The van der Waals surface area contributed by atoms with Crippen molar-refractivity contribution in [3.05, 3.63) is 90.6 Å². The Morgan fingerprint density at radius 1 is 1.10 bits per heavy atom. The Bertz CT molecular complexity index is 1340. The molecule has 0 unspecified atom stereocenters. The molecule has 0 spiro atoms. The van der Waals surface area contributed by atoms with Crippen molar-refractivity contribution in [2.45, 2.75) is 6.54 Å². The normalized spacial score (nSPS) is 10.9. The Labute approximate surface area is 178 Å². The fourth-order valence-corrected chi connectivity index (χ4v) is 3.69. The molecule has 0 bridgehead atoms. The van der Waals surface area contributed by atoms with Crippen molar-refractivity contribution in [3.63, 3.8) is 0 Å². The van der Waals surface area contributed by atoms with Crippen molar-refractivity contribution < 1.29 is 4.79 Å². The van der Waals surface area contributed by atoms with E-state index >= 15 is 0 Å². The predicted octanol–water partition coefficient (Wildman–Crippen LogP) is 1.76. The first-order chi connectivity index (χ1) is 14.4. The van der Waals surface area contributed by atoms with Crippen LogP contribution in [-0.2, 0) is 13.6 Å². The molecule has 3 heterocycles. The maximum absolute atomic E-state index is 12.2. The Morgan fingerprint density at radius 3 is 2.53 bits per heavy atom. The van der Waals surface area contributed by atoms with Crippen LogP contribution < -0.4 is 16.6 Å². The molecule has 0 saturated carbocycles. The third-order valence-electron chi connectivity index (χ3n) is 4.35. The Kier molecular flexibility index (Phi) is 5.34. The van der Waals surface area contributed by atoms with Crippen LogP contribution in [0.3, 0.4) is 0 Å². The summed E-state index contributed by atoms with van der Waals surface area (Å²) in [7, 11) is 1.43. The van der Waals surface area contributed by atoms with Crippen molar-refractivity contribution in [3.8, 4) is 11.4 Å². The van der Waals surface area contributed by atoms with Gasteiger partial charge in [0.15, 0.2) is 0 Å². The van der Waals surface area contributed by atoms with Crippen molar-refractivity contribution in [2.24, 2.45) is 7.05 Å². The third kappa shape index (κ3) is 3.95. The lowest BCUT2D eigenvalue weighted by molar-refractivity contribution is 0.0954. The topological polar surface area (TPSA) is 104 Å². The number of hydrogen-bond donors (Lipinski definition) is 1. The molecule has 1 amide bonds. The van der Waals surface area contributed by atoms with Gasteiger partial charge < -0.3 is 5.32 Å². The quantitative estimate of drug-likeness (QED) is 0.507. The number of benzene rings is 1. The third-order valence-corrected chi connectivity index (χ3v) is 5.58. The summed E-state index contributed by atoms with van der Waals surface area (Å²) in [6.07, 6.45) is 3.14. The minimum Gasteiger partial charge on any atom is -0.346 e. The summed E-state index contributed by atoms with van der Waals surface area (Å²) in [6.45, 7) is 0.222. The number of amides is 1. The number of thiophene rings is 1. The van der Waals surface area contributed by atoms with Crippen LogP contribution in [0.5, 0.6) is 0 Å². The number of halogens is 1. The minimum atomic E-state index is -0.430. The van der Waals surface area contributed by atoms with Gasteiger partial charge in [-0.05, 0) is 36.4 Å². The molecule has 1 N–H and O–H groups in total. The van der Waals surface area contributed by atoms with Crippen LogP contribution in [0.15, 0.2) is 64.4 Å². The number of aromatic nitrogens is 5. The van der Waals surface area contributed by atoms with Gasteiger partial charge in [0.2, 0.25) is 0 Å². The van der Waals surface area contributed by atoms with E-state index in [0.717, 1.165) is 10.3 Å². The zero-order valence-corrected chi connectivity index (χ0v) is 17.2. The molecule has 30 heavy (non-hydrogen) atoms. The smallest absolute Gasteiger partial charge is 0.335 e. The van der Waals surface area contributed by atoms with Crippen LogP contribution in [-0.4, -0.2) is 30.0 Å². The predicted molar refractivity (Wildman–Crippen MR) is 113 cm³/mol. The number of carbonyl (C=O) groups excluding carboxylic acids is 1. The van der Waals surface area contributed by atoms with Gasteiger partial charge in [-0.25, -0.2) is 9.48 Å². The highest BCUT2D eigenvalue weighted by atomic mass is 35.5. The van der Waals surface area contributed by atoms with Gasteiger partial charge in [-0.15, -0.1) is 16.4 Å². The van der Waals surface area contributed by atoms with E-state index in [4.69, 9.17) is 11.6 Å². The van der Waals surface area contributed by atoms with Gasteiger partial charge in [-0.1, -0.05) is 16.8 Å². The van der Waals surface area contributed by atoms with Crippen LogP contribution in [0, 0.1) is 0 Å². The number of carbonyl (C=O) groups is 1. The van der Waals surface area contributed by atoms with Crippen LogP contribution in [0.1, 0.15) is 15.4 Å². The van der Waals surface area contributed by atoms with Gasteiger partial charge >= 0.3 is 5.69 Å². The Hall–Kier alpha value is -3.50. The summed E-state index contributed by atoms with van der Waals surface area (Å²) >= 11 is 7.05. The lowest BCUT2D eigenvalue weighted by Gasteiger charge is -2.08.